The van der Waals surface area contributed by atoms with Gasteiger partial charge in [-0.3, -0.25) is 0 Å². The van der Waals surface area contributed by atoms with Crippen molar-refractivity contribution >= 4 is 0 Å². The highest BCUT2D eigenvalue weighted by atomic mass is 19.1. The maximum absolute atomic E-state index is 12.8. The first-order valence-electron chi connectivity index (χ1n) is 6.13. The monoisotopic (exact) mass is 255 g/mol. The second kappa shape index (κ2) is 6.55. The Hall–Kier alpha value is -2.34. The minimum Gasteiger partial charge on any atom is -0.476 e. The van der Waals surface area contributed by atoms with Gasteiger partial charge in [0.15, 0.2) is 6.10 Å². The molecule has 96 valence electrons. The topological polar surface area (TPSA) is 33.0 Å². The highest BCUT2D eigenvalue weighted by molar-refractivity contribution is 5.22. The van der Waals surface area contributed by atoms with Crippen LogP contribution in [0, 0.1) is 17.1 Å². The Morgan fingerprint density at radius 3 is 2.37 bits per heavy atom. The number of rotatable bonds is 5. The van der Waals surface area contributed by atoms with Crippen molar-refractivity contribution in [3.05, 3.63) is 66.0 Å². The van der Waals surface area contributed by atoms with Gasteiger partial charge in [0, 0.05) is 6.42 Å². The van der Waals surface area contributed by atoms with Crippen LogP contribution in [0.4, 0.5) is 4.39 Å². The first kappa shape index (κ1) is 13.1. The van der Waals surface area contributed by atoms with Crippen LogP contribution < -0.4 is 4.74 Å². The van der Waals surface area contributed by atoms with Crippen molar-refractivity contribution in [2.75, 3.05) is 0 Å². The summed E-state index contributed by atoms with van der Waals surface area (Å²) in [4.78, 5) is 0. The van der Waals surface area contributed by atoms with Crippen LogP contribution in [-0.2, 0) is 6.42 Å². The van der Waals surface area contributed by atoms with Crippen LogP contribution in [0.15, 0.2) is 54.6 Å². The van der Waals surface area contributed by atoms with E-state index in [-0.39, 0.29) is 5.82 Å². The number of halogens is 1. The molecule has 19 heavy (non-hydrogen) atoms. The van der Waals surface area contributed by atoms with Crippen LogP contribution in [0.2, 0.25) is 0 Å². The van der Waals surface area contributed by atoms with Gasteiger partial charge < -0.3 is 4.74 Å². The zero-order valence-corrected chi connectivity index (χ0v) is 10.4. The smallest absolute Gasteiger partial charge is 0.184 e. The molecule has 0 heterocycles. The minimum atomic E-state index is -0.493. The summed E-state index contributed by atoms with van der Waals surface area (Å²) in [5, 5.41) is 9.07. The molecule has 2 nitrogen and oxygen atoms in total. The van der Waals surface area contributed by atoms with Gasteiger partial charge in [-0.15, -0.1) is 0 Å². The molecule has 0 saturated carbocycles. The lowest BCUT2D eigenvalue weighted by molar-refractivity contribution is 0.245. The van der Waals surface area contributed by atoms with Crippen molar-refractivity contribution in [3.63, 3.8) is 0 Å². The third-order valence-electron chi connectivity index (χ3n) is 2.77. The Morgan fingerprint density at radius 2 is 1.74 bits per heavy atom. The SMILES string of the molecule is N#CC(CCc1ccc(F)cc1)Oc1ccccc1. The summed E-state index contributed by atoms with van der Waals surface area (Å²) in [6.45, 7) is 0. The van der Waals surface area contributed by atoms with Gasteiger partial charge in [0.2, 0.25) is 0 Å². The molecule has 0 saturated heterocycles. The maximum Gasteiger partial charge on any atom is 0.184 e. The summed E-state index contributed by atoms with van der Waals surface area (Å²) < 4.78 is 18.3. The van der Waals surface area contributed by atoms with Crippen LogP contribution >= 0.6 is 0 Å². The molecule has 2 rings (SSSR count). The van der Waals surface area contributed by atoms with Crippen molar-refractivity contribution < 1.29 is 9.13 Å². The molecule has 1 atom stereocenters. The molecular formula is C16H14FNO. The first-order chi connectivity index (χ1) is 9.28. The molecule has 0 N–H and O–H groups in total. The molecule has 3 heteroatoms. The van der Waals surface area contributed by atoms with Crippen molar-refractivity contribution in [1.82, 2.24) is 0 Å². The molecule has 0 spiro atoms. The number of benzene rings is 2. The van der Waals surface area contributed by atoms with E-state index in [2.05, 4.69) is 6.07 Å². The van der Waals surface area contributed by atoms with E-state index in [1.165, 1.54) is 12.1 Å². The van der Waals surface area contributed by atoms with E-state index in [1.54, 1.807) is 12.1 Å². The minimum absolute atomic E-state index is 0.249. The van der Waals surface area contributed by atoms with Crippen LogP contribution in [0.25, 0.3) is 0 Å². The summed E-state index contributed by atoms with van der Waals surface area (Å²) in [5.41, 5.74) is 0.998. The fraction of sp³-hybridized carbons (Fsp3) is 0.188. The lowest BCUT2D eigenvalue weighted by Crippen LogP contribution is -2.15. The Morgan fingerprint density at radius 1 is 1.05 bits per heavy atom. The third-order valence-corrected chi connectivity index (χ3v) is 2.77. The molecule has 0 bridgehead atoms. The molecule has 0 aliphatic heterocycles. The number of nitriles is 1. The zero-order valence-electron chi connectivity index (χ0n) is 10.4. The van der Waals surface area contributed by atoms with Crippen LogP contribution in [0.3, 0.4) is 0 Å². The van der Waals surface area contributed by atoms with Gasteiger partial charge >= 0.3 is 0 Å². The van der Waals surface area contributed by atoms with E-state index in [1.807, 2.05) is 30.3 Å². The lowest BCUT2D eigenvalue weighted by Gasteiger charge is -2.12. The Kier molecular flexibility index (Phi) is 4.52. The van der Waals surface area contributed by atoms with Crippen molar-refractivity contribution in [1.29, 1.82) is 5.26 Å². The summed E-state index contributed by atoms with van der Waals surface area (Å²) >= 11 is 0. The molecule has 0 radical (unpaired) electrons. The molecule has 1 unspecified atom stereocenters. The molecule has 2 aromatic carbocycles. The number of hydrogen-bond acceptors (Lipinski definition) is 2. The molecule has 0 amide bonds. The van der Waals surface area contributed by atoms with Gasteiger partial charge in [-0.05, 0) is 36.2 Å². The molecule has 0 aromatic heterocycles. The van der Waals surface area contributed by atoms with Crippen molar-refractivity contribution in [2.45, 2.75) is 18.9 Å². The largest absolute Gasteiger partial charge is 0.476 e. The van der Waals surface area contributed by atoms with Gasteiger partial charge in [0.1, 0.15) is 17.6 Å². The Balaban J connectivity index is 1.90. The van der Waals surface area contributed by atoms with Crippen molar-refractivity contribution in [2.24, 2.45) is 0 Å². The Labute approximate surface area is 112 Å². The molecule has 2 aromatic rings. The van der Waals surface area contributed by atoms with Gasteiger partial charge in [0.05, 0.1) is 0 Å². The van der Waals surface area contributed by atoms with E-state index < -0.39 is 6.10 Å². The first-order valence-corrected chi connectivity index (χ1v) is 6.13. The highest BCUT2D eigenvalue weighted by Crippen LogP contribution is 2.14. The van der Waals surface area contributed by atoms with Gasteiger partial charge in [0.25, 0.3) is 0 Å². The Bertz CT molecular complexity index is 545. The fourth-order valence-electron chi connectivity index (χ4n) is 1.76. The average Bonchev–Trinajstić information content (AvgIpc) is 2.46. The van der Waals surface area contributed by atoms with E-state index in [4.69, 9.17) is 10.00 Å². The lowest BCUT2D eigenvalue weighted by atomic mass is 10.1. The fourth-order valence-corrected chi connectivity index (χ4v) is 1.76. The standard InChI is InChI=1S/C16H14FNO/c17-14-9-6-13(7-10-14)8-11-16(12-18)19-15-4-2-1-3-5-15/h1-7,9-10,16H,8,11H2. The molecule has 0 aliphatic carbocycles. The van der Waals surface area contributed by atoms with E-state index in [0.717, 1.165) is 5.56 Å². The van der Waals surface area contributed by atoms with E-state index in [9.17, 15) is 4.39 Å². The summed E-state index contributed by atoms with van der Waals surface area (Å²) in [6, 6.07) is 17.7. The van der Waals surface area contributed by atoms with Crippen molar-refractivity contribution in [3.8, 4) is 11.8 Å². The number of ether oxygens (including phenoxy) is 1. The van der Waals surface area contributed by atoms with Crippen LogP contribution in [-0.4, -0.2) is 6.10 Å². The average molecular weight is 255 g/mol. The number of hydrogen-bond donors (Lipinski definition) is 0. The second-order valence-corrected chi connectivity index (χ2v) is 4.21. The number of para-hydroxylation sites is 1. The predicted molar refractivity (Wildman–Crippen MR) is 71.2 cm³/mol. The predicted octanol–water partition coefficient (Wildman–Crippen LogP) is 3.73. The highest BCUT2D eigenvalue weighted by Gasteiger charge is 2.09. The van der Waals surface area contributed by atoms with Crippen LogP contribution in [0.1, 0.15) is 12.0 Å². The van der Waals surface area contributed by atoms with Gasteiger partial charge in [-0.25, -0.2) is 4.39 Å². The molecule has 0 fully saturated rings. The summed E-state index contributed by atoms with van der Waals surface area (Å²) in [5.74, 6) is 0.439. The number of nitrogens with zero attached hydrogens (tertiary/aromatic N) is 1. The van der Waals surface area contributed by atoms with E-state index in [0.29, 0.717) is 18.6 Å². The summed E-state index contributed by atoms with van der Waals surface area (Å²) in [7, 11) is 0. The maximum atomic E-state index is 12.8. The normalized spacial score (nSPS) is 11.6. The second-order valence-electron chi connectivity index (χ2n) is 4.21. The summed E-state index contributed by atoms with van der Waals surface area (Å²) in [6.07, 6.45) is 0.773. The molecule has 0 aliphatic rings. The number of aryl methyl sites for hydroxylation is 1. The zero-order chi connectivity index (χ0) is 13.5. The quantitative estimate of drug-likeness (QED) is 0.815. The molecular weight excluding hydrogens is 241 g/mol. The van der Waals surface area contributed by atoms with Crippen LogP contribution in [0.5, 0.6) is 5.75 Å². The van der Waals surface area contributed by atoms with Gasteiger partial charge in [-0.1, -0.05) is 30.3 Å². The third kappa shape index (κ3) is 4.11. The van der Waals surface area contributed by atoms with E-state index >= 15 is 0 Å². The van der Waals surface area contributed by atoms with Gasteiger partial charge in [-0.2, -0.15) is 5.26 Å².